The Hall–Kier alpha value is -1.29. The molecule has 0 aromatic heterocycles. The number of carbonyl (C=O) groups excluding carboxylic acids is 1. The van der Waals surface area contributed by atoms with Gasteiger partial charge < -0.3 is 9.82 Å². The van der Waals surface area contributed by atoms with Gasteiger partial charge in [-0.05, 0) is 42.6 Å². The van der Waals surface area contributed by atoms with Crippen molar-refractivity contribution in [2.24, 2.45) is 0 Å². The SMILES string of the molecule is C=CCOC(=O)c1ccc(NP(=O)(Cl)NC)cc1. The molecule has 0 amide bonds. The molecular formula is C11H14ClN2O3P. The highest BCUT2D eigenvalue weighted by Gasteiger charge is 2.14. The van der Waals surface area contributed by atoms with Gasteiger partial charge in [0.15, 0.2) is 0 Å². The van der Waals surface area contributed by atoms with Gasteiger partial charge in [-0.3, -0.25) is 4.57 Å². The van der Waals surface area contributed by atoms with E-state index in [9.17, 15) is 9.36 Å². The average molecular weight is 289 g/mol. The summed E-state index contributed by atoms with van der Waals surface area (Å²) in [6, 6.07) is 6.30. The van der Waals surface area contributed by atoms with Crippen LogP contribution in [0.15, 0.2) is 36.9 Å². The Morgan fingerprint density at radius 1 is 1.50 bits per heavy atom. The maximum Gasteiger partial charge on any atom is 0.338 e. The summed E-state index contributed by atoms with van der Waals surface area (Å²) in [6.07, 6.45) is 1.49. The van der Waals surface area contributed by atoms with Gasteiger partial charge >= 0.3 is 12.8 Å². The van der Waals surface area contributed by atoms with Crippen LogP contribution in [0.2, 0.25) is 0 Å². The van der Waals surface area contributed by atoms with E-state index in [0.717, 1.165) is 0 Å². The van der Waals surface area contributed by atoms with Gasteiger partial charge in [0.1, 0.15) is 6.61 Å². The first-order valence-corrected chi connectivity index (χ1v) is 7.75. The molecule has 1 aromatic rings. The molecule has 0 saturated heterocycles. The van der Waals surface area contributed by atoms with Gasteiger partial charge in [0.2, 0.25) is 0 Å². The molecule has 98 valence electrons. The van der Waals surface area contributed by atoms with Crippen molar-refractivity contribution in [2.45, 2.75) is 0 Å². The first kappa shape index (κ1) is 14.8. The number of rotatable bonds is 6. The molecule has 0 heterocycles. The second-order valence-electron chi connectivity index (χ2n) is 3.33. The van der Waals surface area contributed by atoms with Crippen LogP contribution in [-0.2, 0) is 9.30 Å². The van der Waals surface area contributed by atoms with Crippen LogP contribution in [0.25, 0.3) is 0 Å². The highest BCUT2D eigenvalue weighted by Crippen LogP contribution is 2.45. The minimum absolute atomic E-state index is 0.162. The Labute approximate surface area is 110 Å². The summed E-state index contributed by atoms with van der Waals surface area (Å²) in [4.78, 5) is 11.5. The second kappa shape index (κ2) is 6.59. The Kier molecular flexibility index (Phi) is 5.41. The van der Waals surface area contributed by atoms with Crippen molar-refractivity contribution in [3.8, 4) is 0 Å². The summed E-state index contributed by atoms with van der Waals surface area (Å²) < 4.78 is 16.4. The highest BCUT2D eigenvalue weighted by molar-refractivity contribution is 7.88. The van der Waals surface area contributed by atoms with Gasteiger partial charge in [0.05, 0.1) is 5.56 Å². The maximum atomic E-state index is 11.6. The number of hydrogen-bond acceptors (Lipinski definition) is 3. The van der Waals surface area contributed by atoms with Gasteiger partial charge in [0.25, 0.3) is 0 Å². The van der Waals surface area contributed by atoms with E-state index in [1.165, 1.54) is 13.1 Å². The third kappa shape index (κ3) is 4.53. The van der Waals surface area contributed by atoms with Crippen molar-refractivity contribution in [1.82, 2.24) is 5.09 Å². The molecule has 1 rings (SSSR count). The van der Waals surface area contributed by atoms with Gasteiger partial charge in [-0.25, -0.2) is 9.88 Å². The molecule has 0 aliphatic heterocycles. The normalized spacial score (nSPS) is 13.4. The fraction of sp³-hybridized carbons (Fsp3) is 0.182. The van der Waals surface area contributed by atoms with E-state index in [2.05, 4.69) is 16.8 Å². The van der Waals surface area contributed by atoms with Gasteiger partial charge in [0, 0.05) is 5.69 Å². The number of esters is 1. The van der Waals surface area contributed by atoms with Crippen molar-refractivity contribution in [3.63, 3.8) is 0 Å². The fourth-order valence-electron chi connectivity index (χ4n) is 1.12. The molecule has 0 aliphatic carbocycles. The van der Waals surface area contributed by atoms with E-state index in [1.807, 2.05) is 0 Å². The smallest absolute Gasteiger partial charge is 0.338 e. The molecule has 1 unspecified atom stereocenters. The van der Waals surface area contributed by atoms with Gasteiger partial charge in [-0.2, -0.15) is 0 Å². The quantitative estimate of drug-likeness (QED) is 0.478. The van der Waals surface area contributed by atoms with Crippen LogP contribution in [-0.4, -0.2) is 19.6 Å². The standard InChI is InChI=1S/C11H14ClN2O3P/c1-3-8-17-11(15)9-4-6-10(7-5-9)14-18(12,16)13-2/h3-7H,1,8H2,2H3,(H2,13,14,16). The van der Waals surface area contributed by atoms with E-state index >= 15 is 0 Å². The van der Waals surface area contributed by atoms with Crippen LogP contribution in [0.4, 0.5) is 5.69 Å². The number of halogens is 1. The van der Waals surface area contributed by atoms with Crippen LogP contribution in [0.1, 0.15) is 10.4 Å². The summed E-state index contributed by atoms with van der Waals surface area (Å²) in [5.74, 6) is -0.441. The Morgan fingerprint density at radius 2 is 2.11 bits per heavy atom. The number of nitrogens with one attached hydrogen (secondary N) is 2. The molecule has 0 saturated carbocycles. The monoisotopic (exact) mass is 288 g/mol. The fourth-order valence-corrected chi connectivity index (χ4v) is 2.01. The van der Waals surface area contributed by atoms with Gasteiger partial charge in [-0.1, -0.05) is 12.7 Å². The molecule has 1 atom stereocenters. The zero-order valence-electron chi connectivity index (χ0n) is 9.85. The third-order valence-corrected chi connectivity index (χ3v) is 3.90. The van der Waals surface area contributed by atoms with Crippen LogP contribution >= 0.6 is 18.0 Å². The molecule has 18 heavy (non-hydrogen) atoms. The molecule has 7 heteroatoms. The largest absolute Gasteiger partial charge is 0.458 e. The van der Waals surface area contributed by atoms with Crippen molar-refractivity contribution < 1.29 is 14.1 Å². The molecule has 1 aromatic carbocycles. The molecule has 0 aliphatic rings. The molecular weight excluding hydrogens is 275 g/mol. The summed E-state index contributed by atoms with van der Waals surface area (Å²) in [5, 5.41) is 5.08. The average Bonchev–Trinajstić information content (AvgIpc) is 2.36. The zero-order chi connectivity index (χ0) is 13.6. The summed E-state index contributed by atoms with van der Waals surface area (Å²) in [6.45, 7) is 0.503. The number of anilines is 1. The first-order valence-electron chi connectivity index (χ1n) is 5.13. The number of ether oxygens (including phenoxy) is 1. The van der Waals surface area contributed by atoms with Crippen molar-refractivity contribution in [2.75, 3.05) is 18.7 Å². The molecule has 2 N–H and O–H groups in total. The molecule has 0 bridgehead atoms. The Bertz CT molecular complexity index is 476. The second-order valence-corrected chi connectivity index (χ2v) is 6.50. The van der Waals surface area contributed by atoms with Gasteiger partial charge in [-0.15, -0.1) is 0 Å². The van der Waals surface area contributed by atoms with Crippen molar-refractivity contribution in [1.29, 1.82) is 0 Å². The lowest BCUT2D eigenvalue weighted by atomic mass is 10.2. The van der Waals surface area contributed by atoms with E-state index in [4.69, 9.17) is 16.0 Å². The predicted octanol–water partition coefficient (Wildman–Crippen LogP) is 3.01. The lowest BCUT2D eigenvalue weighted by Gasteiger charge is -2.12. The third-order valence-electron chi connectivity index (χ3n) is 2.01. The number of hydrogen-bond donors (Lipinski definition) is 2. The minimum atomic E-state index is -3.11. The highest BCUT2D eigenvalue weighted by atomic mass is 35.7. The summed E-state index contributed by atoms with van der Waals surface area (Å²) in [7, 11) is 1.49. The lowest BCUT2D eigenvalue weighted by Crippen LogP contribution is -2.07. The van der Waals surface area contributed by atoms with E-state index in [0.29, 0.717) is 11.3 Å². The molecule has 0 spiro atoms. The zero-order valence-corrected chi connectivity index (χ0v) is 11.5. The summed E-state index contributed by atoms with van der Waals surface area (Å²) in [5.41, 5.74) is 0.944. The predicted molar refractivity (Wildman–Crippen MR) is 73.1 cm³/mol. The molecule has 5 nitrogen and oxygen atoms in total. The van der Waals surface area contributed by atoms with E-state index in [-0.39, 0.29) is 6.61 Å². The van der Waals surface area contributed by atoms with Crippen molar-refractivity contribution >= 4 is 29.7 Å². The number of benzene rings is 1. The Morgan fingerprint density at radius 3 is 2.61 bits per heavy atom. The number of carbonyl (C=O) groups is 1. The van der Waals surface area contributed by atoms with E-state index < -0.39 is 12.8 Å². The lowest BCUT2D eigenvalue weighted by molar-refractivity contribution is 0.0550. The van der Waals surface area contributed by atoms with Crippen LogP contribution in [0.5, 0.6) is 0 Å². The van der Waals surface area contributed by atoms with Crippen LogP contribution in [0, 0.1) is 0 Å². The topological polar surface area (TPSA) is 67.4 Å². The van der Waals surface area contributed by atoms with Crippen LogP contribution < -0.4 is 10.2 Å². The van der Waals surface area contributed by atoms with Crippen LogP contribution in [0.3, 0.4) is 0 Å². The maximum absolute atomic E-state index is 11.6. The minimum Gasteiger partial charge on any atom is -0.458 e. The molecule has 0 fully saturated rings. The summed E-state index contributed by atoms with van der Waals surface area (Å²) >= 11 is 5.66. The molecule has 0 radical (unpaired) electrons. The van der Waals surface area contributed by atoms with E-state index in [1.54, 1.807) is 24.3 Å². The Balaban J connectivity index is 2.71. The van der Waals surface area contributed by atoms with Crippen molar-refractivity contribution in [3.05, 3.63) is 42.5 Å². The first-order chi connectivity index (χ1) is 8.48.